The number of benzene rings is 2. The zero-order valence-corrected chi connectivity index (χ0v) is 16.8. The number of thioether (sulfide) groups is 2. The highest BCUT2D eigenvalue weighted by Gasteiger charge is 2.09. The average molecular weight is 402 g/mol. The normalized spacial score (nSPS) is 10.7. The number of nitrogens with one attached hydrogen (secondary N) is 1. The zero-order chi connectivity index (χ0) is 18.2. The van der Waals surface area contributed by atoms with E-state index in [-0.39, 0.29) is 5.91 Å². The van der Waals surface area contributed by atoms with Crippen LogP contribution in [0.25, 0.3) is 11.1 Å². The number of nitrogens with zero attached hydrogens (tertiary/aromatic N) is 2. The van der Waals surface area contributed by atoms with Gasteiger partial charge in [-0.2, -0.15) is 0 Å². The van der Waals surface area contributed by atoms with Crippen LogP contribution >= 0.6 is 34.9 Å². The third kappa shape index (κ3) is 5.59. The summed E-state index contributed by atoms with van der Waals surface area (Å²) in [7, 11) is 0. The summed E-state index contributed by atoms with van der Waals surface area (Å²) in [6, 6.07) is 18.0. The first-order valence-electron chi connectivity index (χ1n) is 8.29. The lowest BCUT2D eigenvalue weighted by atomic mass is 10.1. The molecular formula is C19H19N3OS3. The van der Waals surface area contributed by atoms with Crippen LogP contribution in [0.4, 0.5) is 5.69 Å². The predicted molar refractivity (Wildman–Crippen MR) is 112 cm³/mol. The first-order chi connectivity index (χ1) is 12.7. The molecular weight excluding hydrogens is 382 g/mol. The fourth-order valence-corrected chi connectivity index (χ4v) is 4.95. The fourth-order valence-electron chi connectivity index (χ4n) is 2.20. The topological polar surface area (TPSA) is 54.9 Å². The van der Waals surface area contributed by atoms with E-state index in [0.717, 1.165) is 37.7 Å². The molecule has 0 aliphatic rings. The molecule has 0 saturated heterocycles. The number of amides is 1. The van der Waals surface area contributed by atoms with Gasteiger partial charge in [0.15, 0.2) is 8.68 Å². The Labute approximate surface area is 165 Å². The van der Waals surface area contributed by atoms with Crippen LogP contribution in [0.2, 0.25) is 0 Å². The van der Waals surface area contributed by atoms with E-state index in [2.05, 4.69) is 34.6 Å². The van der Waals surface area contributed by atoms with Gasteiger partial charge in [0.2, 0.25) is 5.91 Å². The van der Waals surface area contributed by atoms with Crippen LogP contribution in [-0.2, 0) is 4.79 Å². The van der Waals surface area contributed by atoms with E-state index >= 15 is 0 Å². The maximum absolute atomic E-state index is 12.1. The molecule has 1 aromatic heterocycles. The highest BCUT2D eigenvalue weighted by molar-refractivity contribution is 8.03. The molecule has 134 valence electrons. The van der Waals surface area contributed by atoms with Crippen LogP contribution in [0.15, 0.2) is 63.3 Å². The predicted octanol–water partition coefficient (Wildman–Crippen LogP) is 5.44. The molecule has 0 unspecified atom stereocenters. The molecule has 0 aliphatic carbocycles. The number of carbonyl (C=O) groups is 1. The van der Waals surface area contributed by atoms with Crippen LogP contribution < -0.4 is 5.32 Å². The minimum Gasteiger partial charge on any atom is -0.325 e. The molecule has 0 atom stereocenters. The largest absolute Gasteiger partial charge is 0.325 e. The monoisotopic (exact) mass is 401 g/mol. The summed E-state index contributed by atoms with van der Waals surface area (Å²) in [5, 5.41) is 11.2. The standard InChI is InChI=1S/C19H19N3OS3/c1-2-12-24-18-21-22-19(26-18)25-13-17(23)20-16-10-8-15(9-11-16)14-6-4-3-5-7-14/h3-11H,2,12-13H2,1H3,(H,20,23). The molecule has 1 heterocycles. The lowest BCUT2D eigenvalue weighted by molar-refractivity contribution is -0.113. The van der Waals surface area contributed by atoms with E-state index in [1.165, 1.54) is 11.8 Å². The van der Waals surface area contributed by atoms with E-state index in [1.807, 2.05) is 42.5 Å². The minimum absolute atomic E-state index is 0.0413. The maximum Gasteiger partial charge on any atom is 0.234 e. The van der Waals surface area contributed by atoms with Gasteiger partial charge in [0, 0.05) is 11.4 Å². The van der Waals surface area contributed by atoms with Gasteiger partial charge in [0.25, 0.3) is 0 Å². The molecule has 7 heteroatoms. The Hall–Kier alpha value is -1.83. The molecule has 0 fully saturated rings. The lowest BCUT2D eigenvalue weighted by Crippen LogP contribution is -2.13. The minimum atomic E-state index is -0.0413. The molecule has 3 rings (SSSR count). The van der Waals surface area contributed by atoms with Crippen molar-refractivity contribution in [2.24, 2.45) is 0 Å². The van der Waals surface area contributed by atoms with Crippen LogP contribution in [0.1, 0.15) is 13.3 Å². The molecule has 3 aromatic rings. The SMILES string of the molecule is CCCSc1nnc(SCC(=O)Nc2ccc(-c3ccccc3)cc2)s1. The summed E-state index contributed by atoms with van der Waals surface area (Å²) in [4.78, 5) is 12.1. The Bertz CT molecular complexity index is 835. The van der Waals surface area contributed by atoms with Crippen molar-refractivity contribution >= 4 is 46.5 Å². The lowest BCUT2D eigenvalue weighted by Gasteiger charge is -2.06. The van der Waals surface area contributed by atoms with Crippen molar-refractivity contribution in [3.05, 3.63) is 54.6 Å². The molecule has 0 radical (unpaired) electrons. The van der Waals surface area contributed by atoms with Gasteiger partial charge < -0.3 is 5.32 Å². The van der Waals surface area contributed by atoms with E-state index in [1.54, 1.807) is 23.1 Å². The third-order valence-corrected chi connectivity index (χ3v) is 6.82. The molecule has 0 spiro atoms. The molecule has 1 N–H and O–H groups in total. The molecule has 0 bridgehead atoms. The van der Waals surface area contributed by atoms with Crippen LogP contribution in [0.3, 0.4) is 0 Å². The molecule has 1 amide bonds. The van der Waals surface area contributed by atoms with Gasteiger partial charge in [-0.15, -0.1) is 10.2 Å². The number of hydrogen-bond donors (Lipinski definition) is 1. The summed E-state index contributed by atoms with van der Waals surface area (Å²) in [5.74, 6) is 1.33. The fraction of sp³-hybridized carbons (Fsp3) is 0.211. The van der Waals surface area contributed by atoms with E-state index in [9.17, 15) is 4.79 Å². The average Bonchev–Trinajstić information content (AvgIpc) is 3.14. The van der Waals surface area contributed by atoms with Crippen molar-refractivity contribution in [3.8, 4) is 11.1 Å². The smallest absolute Gasteiger partial charge is 0.234 e. The second-order valence-corrected chi connectivity index (χ2v) is 9.00. The van der Waals surface area contributed by atoms with Gasteiger partial charge in [-0.25, -0.2) is 0 Å². The summed E-state index contributed by atoms with van der Waals surface area (Å²) < 4.78 is 1.80. The number of aromatic nitrogens is 2. The van der Waals surface area contributed by atoms with E-state index in [4.69, 9.17) is 0 Å². The van der Waals surface area contributed by atoms with Gasteiger partial charge in [0.1, 0.15) is 0 Å². The van der Waals surface area contributed by atoms with E-state index in [0.29, 0.717) is 5.75 Å². The number of carbonyl (C=O) groups excluding carboxylic acids is 1. The van der Waals surface area contributed by atoms with Crippen molar-refractivity contribution < 1.29 is 4.79 Å². The Balaban J connectivity index is 1.49. The summed E-state index contributed by atoms with van der Waals surface area (Å²) in [5.41, 5.74) is 3.09. The second kappa shape index (κ2) is 9.75. The van der Waals surface area contributed by atoms with Gasteiger partial charge in [-0.3, -0.25) is 4.79 Å². The Morgan fingerprint density at radius 2 is 1.62 bits per heavy atom. The second-order valence-electron chi connectivity index (χ2n) is 5.46. The number of anilines is 1. The van der Waals surface area contributed by atoms with Crippen molar-refractivity contribution in [1.82, 2.24) is 10.2 Å². The summed E-state index contributed by atoms with van der Waals surface area (Å²) >= 11 is 4.67. The van der Waals surface area contributed by atoms with Crippen molar-refractivity contribution in [1.29, 1.82) is 0 Å². The molecule has 0 saturated carbocycles. The maximum atomic E-state index is 12.1. The van der Waals surface area contributed by atoms with Gasteiger partial charge in [-0.05, 0) is 29.7 Å². The van der Waals surface area contributed by atoms with Gasteiger partial charge >= 0.3 is 0 Å². The Morgan fingerprint density at radius 3 is 2.31 bits per heavy atom. The van der Waals surface area contributed by atoms with Crippen LogP contribution in [0.5, 0.6) is 0 Å². The van der Waals surface area contributed by atoms with E-state index < -0.39 is 0 Å². The molecule has 2 aromatic carbocycles. The number of hydrogen-bond acceptors (Lipinski definition) is 6. The first kappa shape index (κ1) is 18.9. The van der Waals surface area contributed by atoms with Crippen molar-refractivity contribution in [3.63, 3.8) is 0 Å². The zero-order valence-electron chi connectivity index (χ0n) is 14.3. The van der Waals surface area contributed by atoms with Gasteiger partial charge in [0.05, 0.1) is 5.75 Å². The third-order valence-electron chi connectivity index (χ3n) is 3.42. The van der Waals surface area contributed by atoms with Crippen molar-refractivity contribution in [2.75, 3.05) is 16.8 Å². The van der Waals surface area contributed by atoms with Crippen LogP contribution in [0, 0.1) is 0 Å². The van der Waals surface area contributed by atoms with Crippen LogP contribution in [-0.4, -0.2) is 27.6 Å². The first-order valence-corrected chi connectivity index (χ1v) is 11.1. The highest BCUT2D eigenvalue weighted by atomic mass is 32.2. The van der Waals surface area contributed by atoms with Gasteiger partial charge in [-0.1, -0.05) is 84.2 Å². The molecule has 26 heavy (non-hydrogen) atoms. The quantitative estimate of drug-likeness (QED) is 0.510. The molecule has 0 aliphatic heterocycles. The summed E-state index contributed by atoms with van der Waals surface area (Å²) in [6.07, 6.45) is 1.11. The Kier molecular flexibility index (Phi) is 7.11. The van der Waals surface area contributed by atoms with Crippen molar-refractivity contribution in [2.45, 2.75) is 22.0 Å². The Morgan fingerprint density at radius 1 is 0.962 bits per heavy atom. The highest BCUT2D eigenvalue weighted by Crippen LogP contribution is 2.29. The molecule has 4 nitrogen and oxygen atoms in total. The summed E-state index contributed by atoms with van der Waals surface area (Å²) in [6.45, 7) is 2.14. The number of rotatable bonds is 8.